The molecule has 2 aromatic rings. The summed E-state index contributed by atoms with van der Waals surface area (Å²) in [5.41, 5.74) is -1.89. The van der Waals surface area contributed by atoms with E-state index in [4.69, 9.17) is 0 Å². The third-order valence-corrected chi connectivity index (χ3v) is 8.66. The molecule has 2 atom stereocenters. The molecule has 5 nitrogen and oxygen atoms in total. The molecule has 0 aliphatic carbocycles. The Morgan fingerprint density at radius 1 is 0.865 bits per heavy atom. The van der Waals surface area contributed by atoms with Crippen molar-refractivity contribution < 1.29 is 39.6 Å². The summed E-state index contributed by atoms with van der Waals surface area (Å²) in [6.07, 6.45) is -9.71. The Bertz CT molecular complexity index is 1210. The molecule has 2 heterocycles. The molecular formula is C25H26F6N2O3S. The number of carbonyl (C=O) groups excluding carboxylic acids is 1. The van der Waals surface area contributed by atoms with Gasteiger partial charge in [0, 0.05) is 43.7 Å². The number of halogens is 6. The van der Waals surface area contributed by atoms with Crippen molar-refractivity contribution in [3.8, 4) is 0 Å². The Hall–Kier alpha value is -2.60. The first-order valence-electron chi connectivity index (χ1n) is 11.7. The van der Waals surface area contributed by atoms with Crippen molar-refractivity contribution in [2.45, 2.75) is 37.7 Å². The van der Waals surface area contributed by atoms with Gasteiger partial charge in [-0.05, 0) is 37.1 Å². The summed E-state index contributed by atoms with van der Waals surface area (Å²) in [6.45, 7) is 2.75. The maximum atomic E-state index is 13.3. The topological polar surface area (TPSA) is 57.7 Å². The van der Waals surface area contributed by atoms with Crippen molar-refractivity contribution in [2.75, 3.05) is 37.7 Å². The Labute approximate surface area is 211 Å². The number of hydrogen-bond acceptors (Lipinski definition) is 4. The number of amides is 1. The van der Waals surface area contributed by atoms with Gasteiger partial charge in [-0.1, -0.05) is 29.8 Å². The summed E-state index contributed by atoms with van der Waals surface area (Å²) in [5.74, 6) is -1.19. The number of alkyl halides is 6. The molecule has 2 aliphatic rings. The van der Waals surface area contributed by atoms with Crippen LogP contribution in [0.4, 0.5) is 26.3 Å². The molecule has 0 aromatic heterocycles. The number of hydrogen-bond donors (Lipinski definition) is 0. The van der Waals surface area contributed by atoms with Crippen molar-refractivity contribution in [1.82, 2.24) is 9.80 Å². The molecule has 1 amide bonds. The minimum absolute atomic E-state index is 0.00251. The minimum Gasteiger partial charge on any atom is -0.338 e. The van der Waals surface area contributed by atoms with Gasteiger partial charge in [-0.25, -0.2) is 8.42 Å². The zero-order valence-electron chi connectivity index (χ0n) is 19.9. The van der Waals surface area contributed by atoms with Gasteiger partial charge < -0.3 is 4.90 Å². The zero-order valence-corrected chi connectivity index (χ0v) is 20.8. The van der Waals surface area contributed by atoms with Gasteiger partial charge in [0.1, 0.15) is 0 Å². The molecular weight excluding hydrogens is 522 g/mol. The van der Waals surface area contributed by atoms with Crippen LogP contribution in [0.3, 0.4) is 0 Å². The predicted octanol–water partition coefficient (Wildman–Crippen LogP) is 4.76. The van der Waals surface area contributed by atoms with Gasteiger partial charge in [-0.3, -0.25) is 9.69 Å². The second-order valence-electron chi connectivity index (χ2n) is 9.61. The first-order chi connectivity index (χ1) is 17.1. The maximum Gasteiger partial charge on any atom is 0.416 e. The van der Waals surface area contributed by atoms with Crippen molar-refractivity contribution in [2.24, 2.45) is 0 Å². The fourth-order valence-corrected chi connectivity index (χ4v) is 6.25. The number of sulfone groups is 1. The largest absolute Gasteiger partial charge is 0.416 e. The highest BCUT2D eigenvalue weighted by Crippen LogP contribution is 2.38. The molecule has 2 aromatic carbocycles. The van der Waals surface area contributed by atoms with Gasteiger partial charge in [-0.2, -0.15) is 26.3 Å². The number of likely N-dealkylation sites (tertiary alicyclic amines) is 1. The SMILES string of the molecule is Cc1ccc([C@@H]2CN(C(=O)c3cc(C(F)(F)F)cc(C(F)(F)F)c3)CC[C@@H]2N2CCS(=O)(=O)CC2)cc1. The lowest BCUT2D eigenvalue weighted by Crippen LogP contribution is -2.54. The van der Waals surface area contributed by atoms with Crippen LogP contribution in [0.15, 0.2) is 42.5 Å². The van der Waals surface area contributed by atoms with Crippen LogP contribution in [0.2, 0.25) is 0 Å². The number of piperidine rings is 1. The lowest BCUT2D eigenvalue weighted by atomic mass is 9.84. The fourth-order valence-electron chi connectivity index (χ4n) is 5.02. The number of benzene rings is 2. The normalized spacial score (nSPS) is 23.2. The number of carbonyl (C=O) groups is 1. The summed E-state index contributed by atoms with van der Waals surface area (Å²) in [4.78, 5) is 16.6. The summed E-state index contributed by atoms with van der Waals surface area (Å²) in [6, 6.07) is 8.32. The molecule has 2 aliphatic heterocycles. The molecule has 0 bridgehead atoms. The third kappa shape index (κ3) is 6.28. The van der Waals surface area contributed by atoms with E-state index in [2.05, 4.69) is 4.90 Å². The van der Waals surface area contributed by atoms with E-state index in [0.29, 0.717) is 31.6 Å². The van der Waals surface area contributed by atoms with Crippen LogP contribution < -0.4 is 0 Å². The molecule has 0 spiro atoms. The van der Waals surface area contributed by atoms with E-state index in [0.717, 1.165) is 11.1 Å². The summed E-state index contributed by atoms with van der Waals surface area (Å²) >= 11 is 0. The van der Waals surface area contributed by atoms with Gasteiger partial charge in [0.25, 0.3) is 5.91 Å². The van der Waals surface area contributed by atoms with Crippen LogP contribution in [0.1, 0.15) is 45.0 Å². The molecule has 0 saturated carbocycles. The predicted molar refractivity (Wildman–Crippen MR) is 125 cm³/mol. The Morgan fingerprint density at radius 2 is 1.41 bits per heavy atom. The molecule has 4 rings (SSSR count). The van der Waals surface area contributed by atoms with E-state index in [1.54, 1.807) is 0 Å². The fraction of sp³-hybridized carbons (Fsp3) is 0.480. The van der Waals surface area contributed by atoms with E-state index in [9.17, 15) is 39.6 Å². The van der Waals surface area contributed by atoms with Crippen LogP contribution in [0, 0.1) is 6.92 Å². The van der Waals surface area contributed by atoms with Crippen LogP contribution in [0.25, 0.3) is 0 Å². The van der Waals surface area contributed by atoms with Crippen LogP contribution in [0.5, 0.6) is 0 Å². The van der Waals surface area contributed by atoms with E-state index < -0.39 is 44.8 Å². The smallest absolute Gasteiger partial charge is 0.338 e. The van der Waals surface area contributed by atoms with Crippen molar-refractivity contribution in [3.63, 3.8) is 0 Å². The standard InChI is InChI=1S/C25H26F6N2O3S/c1-16-2-4-17(5-3-16)21-15-33(7-6-22(21)32-8-10-37(35,36)11-9-32)23(34)18-12-19(24(26,27)28)14-20(13-18)25(29,30)31/h2-5,12-14,21-22H,6-11,15H2,1H3/t21-,22-/m0/s1. The molecule has 0 radical (unpaired) electrons. The lowest BCUT2D eigenvalue weighted by molar-refractivity contribution is -0.143. The van der Waals surface area contributed by atoms with Gasteiger partial charge in [0.05, 0.1) is 22.6 Å². The molecule has 0 unspecified atom stereocenters. The van der Waals surface area contributed by atoms with Crippen molar-refractivity contribution in [1.29, 1.82) is 0 Å². The van der Waals surface area contributed by atoms with Crippen LogP contribution in [-0.4, -0.2) is 67.9 Å². The van der Waals surface area contributed by atoms with Gasteiger partial charge in [0.15, 0.2) is 9.84 Å². The molecule has 37 heavy (non-hydrogen) atoms. The quantitative estimate of drug-likeness (QED) is 0.519. The van der Waals surface area contributed by atoms with Crippen molar-refractivity contribution >= 4 is 15.7 Å². The molecule has 202 valence electrons. The van der Waals surface area contributed by atoms with E-state index in [1.165, 1.54) is 4.90 Å². The summed E-state index contributed by atoms with van der Waals surface area (Å²) in [7, 11) is -3.12. The summed E-state index contributed by atoms with van der Waals surface area (Å²) in [5, 5.41) is 0. The zero-order chi connectivity index (χ0) is 27.2. The average Bonchev–Trinajstić information content (AvgIpc) is 2.82. The Morgan fingerprint density at radius 3 is 1.92 bits per heavy atom. The maximum absolute atomic E-state index is 13.3. The highest BCUT2D eigenvalue weighted by Gasteiger charge is 2.40. The molecule has 2 saturated heterocycles. The molecule has 2 fully saturated rings. The van der Waals surface area contributed by atoms with E-state index in [1.807, 2.05) is 31.2 Å². The van der Waals surface area contributed by atoms with E-state index in [-0.39, 0.29) is 42.6 Å². The van der Waals surface area contributed by atoms with E-state index >= 15 is 0 Å². The number of nitrogens with zero attached hydrogens (tertiary/aromatic N) is 2. The number of rotatable bonds is 3. The van der Waals surface area contributed by atoms with Crippen molar-refractivity contribution in [3.05, 3.63) is 70.3 Å². The monoisotopic (exact) mass is 548 g/mol. The summed E-state index contributed by atoms with van der Waals surface area (Å²) < 4.78 is 104. The van der Waals surface area contributed by atoms with Gasteiger partial charge >= 0.3 is 12.4 Å². The lowest BCUT2D eigenvalue weighted by Gasteiger charge is -2.45. The first kappa shape index (κ1) is 27.4. The van der Waals surface area contributed by atoms with Gasteiger partial charge in [0.2, 0.25) is 0 Å². The average molecular weight is 549 g/mol. The second-order valence-corrected chi connectivity index (χ2v) is 11.9. The van der Waals surface area contributed by atoms with Crippen LogP contribution in [-0.2, 0) is 22.2 Å². The first-order valence-corrected chi connectivity index (χ1v) is 13.6. The highest BCUT2D eigenvalue weighted by atomic mass is 32.2. The third-order valence-electron chi connectivity index (χ3n) is 7.05. The minimum atomic E-state index is -5.05. The Kier molecular flexibility index (Phi) is 7.37. The number of aryl methyl sites for hydroxylation is 1. The molecule has 0 N–H and O–H groups in total. The molecule has 12 heteroatoms. The van der Waals surface area contributed by atoms with Gasteiger partial charge in [-0.15, -0.1) is 0 Å². The van der Waals surface area contributed by atoms with Crippen LogP contribution >= 0.6 is 0 Å². The highest BCUT2D eigenvalue weighted by molar-refractivity contribution is 7.91. The Balaban J connectivity index is 1.65. The second kappa shape index (κ2) is 9.94.